The van der Waals surface area contributed by atoms with Crippen LogP contribution in [0, 0.1) is 17.7 Å². The van der Waals surface area contributed by atoms with Crippen molar-refractivity contribution >= 4 is 51.0 Å². The van der Waals surface area contributed by atoms with E-state index in [0.29, 0.717) is 21.5 Å². The summed E-state index contributed by atoms with van der Waals surface area (Å²) < 4.78 is 19.5. The number of fused-ring (bicyclic) bond motifs is 5. The van der Waals surface area contributed by atoms with Crippen molar-refractivity contribution in [3.8, 4) is 5.75 Å². The Labute approximate surface area is 215 Å². The molecule has 3 aliphatic heterocycles. The number of ketones is 1. The van der Waals surface area contributed by atoms with Crippen molar-refractivity contribution in [1.29, 1.82) is 0 Å². The maximum Gasteiger partial charge on any atom is 0.240 e. The van der Waals surface area contributed by atoms with Crippen LogP contribution in [0.4, 0.5) is 15.8 Å². The molecule has 3 aliphatic rings. The first-order chi connectivity index (χ1) is 17.4. The molecule has 8 heteroatoms. The minimum absolute atomic E-state index is 0.261. The Morgan fingerprint density at radius 2 is 1.69 bits per heavy atom. The zero-order valence-electron chi connectivity index (χ0n) is 19.1. The van der Waals surface area contributed by atoms with E-state index in [0.717, 1.165) is 16.2 Å². The van der Waals surface area contributed by atoms with E-state index in [9.17, 15) is 18.8 Å². The number of halogens is 2. The second-order valence-corrected chi connectivity index (χ2v) is 9.87. The van der Waals surface area contributed by atoms with Crippen LogP contribution in [0.3, 0.4) is 0 Å². The van der Waals surface area contributed by atoms with Crippen LogP contribution in [-0.2, 0) is 9.59 Å². The summed E-state index contributed by atoms with van der Waals surface area (Å²) in [6, 6.07) is 16.5. The SMILES string of the molecule is COc1ccc(C(=O)[C@H]2[C@@H]3C(=O)N(c4ccc(F)cc4)C(=O)[C@@H]3[C@H]3C=Cc4ccccc4N32)cc1Br. The third-order valence-electron chi connectivity index (χ3n) is 7.20. The summed E-state index contributed by atoms with van der Waals surface area (Å²) in [5.74, 6) is -2.63. The van der Waals surface area contributed by atoms with Crippen molar-refractivity contribution in [3.05, 3.63) is 94.2 Å². The molecule has 3 heterocycles. The van der Waals surface area contributed by atoms with E-state index in [4.69, 9.17) is 4.74 Å². The molecule has 36 heavy (non-hydrogen) atoms. The van der Waals surface area contributed by atoms with Crippen LogP contribution < -0.4 is 14.5 Å². The summed E-state index contributed by atoms with van der Waals surface area (Å²) in [5.41, 5.74) is 2.42. The van der Waals surface area contributed by atoms with Gasteiger partial charge in [-0.25, -0.2) is 9.29 Å². The van der Waals surface area contributed by atoms with Crippen molar-refractivity contribution in [2.45, 2.75) is 12.1 Å². The van der Waals surface area contributed by atoms with Gasteiger partial charge in [0.25, 0.3) is 0 Å². The molecule has 3 aromatic carbocycles. The van der Waals surface area contributed by atoms with Gasteiger partial charge in [0.15, 0.2) is 5.78 Å². The highest BCUT2D eigenvalue weighted by atomic mass is 79.9. The Morgan fingerprint density at radius 3 is 2.42 bits per heavy atom. The Hall–Kier alpha value is -3.78. The number of carbonyl (C=O) groups excluding carboxylic acids is 3. The Bertz CT molecular complexity index is 1450. The summed E-state index contributed by atoms with van der Waals surface area (Å²) in [7, 11) is 1.54. The van der Waals surface area contributed by atoms with Crippen LogP contribution in [0.15, 0.2) is 77.3 Å². The van der Waals surface area contributed by atoms with Crippen LogP contribution in [-0.4, -0.2) is 36.8 Å². The zero-order valence-corrected chi connectivity index (χ0v) is 20.7. The van der Waals surface area contributed by atoms with Crippen LogP contribution in [0.25, 0.3) is 6.08 Å². The smallest absolute Gasteiger partial charge is 0.240 e. The Kier molecular flexibility index (Phi) is 5.30. The van der Waals surface area contributed by atoms with Crippen molar-refractivity contribution in [1.82, 2.24) is 0 Å². The van der Waals surface area contributed by atoms with Gasteiger partial charge in [0, 0.05) is 11.3 Å². The lowest BCUT2D eigenvalue weighted by atomic mass is 9.86. The molecule has 4 atom stereocenters. The van der Waals surface area contributed by atoms with E-state index in [1.165, 1.54) is 31.4 Å². The molecule has 2 amide bonds. The lowest BCUT2D eigenvalue weighted by Gasteiger charge is -2.36. The highest BCUT2D eigenvalue weighted by Crippen LogP contribution is 2.50. The van der Waals surface area contributed by atoms with E-state index < -0.39 is 35.6 Å². The van der Waals surface area contributed by atoms with Gasteiger partial charge < -0.3 is 9.64 Å². The van der Waals surface area contributed by atoms with E-state index >= 15 is 0 Å². The van der Waals surface area contributed by atoms with Crippen LogP contribution >= 0.6 is 15.9 Å². The Morgan fingerprint density at radius 1 is 0.972 bits per heavy atom. The molecule has 0 aliphatic carbocycles. The zero-order chi connectivity index (χ0) is 25.1. The monoisotopic (exact) mass is 546 g/mol. The third-order valence-corrected chi connectivity index (χ3v) is 7.82. The van der Waals surface area contributed by atoms with Gasteiger partial charge in [-0.3, -0.25) is 14.4 Å². The molecule has 6 rings (SSSR count). The fourth-order valence-electron chi connectivity index (χ4n) is 5.65. The van der Waals surface area contributed by atoms with Crippen LogP contribution in [0.5, 0.6) is 5.75 Å². The van der Waals surface area contributed by atoms with Crippen molar-refractivity contribution in [2.24, 2.45) is 11.8 Å². The molecule has 6 nitrogen and oxygen atoms in total. The number of carbonyl (C=O) groups is 3. The van der Waals surface area contributed by atoms with Gasteiger partial charge >= 0.3 is 0 Å². The van der Waals surface area contributed by atoms with E-state index in [1.807, 2.05) is 41.3 Å². The minimum Gasteiger partial charge on any atom is -0.496 e. The molecule has 0 bridgehead atoms. The quantitative estimate of drug-likeness (QED) is 0.345. The van der Waals surface area contributed by atoms with Crippen LogP contribution in [0.1, 0.15) is 15.9 Å². The number of hydrogen-bond donors (Lipinski definition) is 0. The fourth-order valence-corrected chi connectivity index (χ4v) is 6.19. The minimum atomic E-state index is -0.895. The summed E-state index contributed by atoms with van der Waals surface area (Å²) in [6.07, 6.45) is 3.83. The number of ether oxygens (including phenoxy) is 1. The third kappa shape index (κ3) is 3.24. The number of rotatable bonds is 4. The first-order valence-corrected chi connectivity index (χ1v) is 12.3. The van der Waals surface area contributed by atoms with Crippen molar-refractivity contribution < 1.29 is 23.5 Å². The second-order valence-electron chi connectivity index (χ2n) is 9.01. The molecule has 3 aromatic rings. The predicted molar refractivity (Wildman–Crippen MR) is 136 cm³/mol. The fraction of sp³-hybridized carbons (Fsp3) is 0.179. The predicted octanol–water partition coefficient (Wildman–Crippen LogP) is 4.87. The summed E-state index contributed by atoms with van der Waals surface area (Å²) in [5, 5.41) is 0. The lowest BCUT2D eigenvalue weighted by molar-refractivity contribution is -0.122. The maximum atomic E-state index is 14.1. The molecule has 2 fully saturated rings. The standard InChI is InChI=1S/C28H20BrFN2O4/c1-36-22-13-7-16(14-19(22)29)26(33)25-24-23(21-12-6-15-4-2-3-5-20(15)32(21)25)27(34)31(28(24)35)18-10-8-17(30)9-11-18/h2-14,21,23-25H,1H3/t21-,23-,24-,25-/m1/s1. The van der Waals surface area contributed by atoms with Gasteiger partial charge in [-0.05, 0) is 70.0 Å². The molecule has 180 valence electrons. The van der Waals surface area contributed by atoms with Gasteiger partial charge in [-0.1, -0.05) is 30.4 Å². The number of amides is 2. The average Bonchev–Trinajstić information content (AvgIpc) is 3.37. The molecule has 0 saturated carbocycles. The molecule has 2 saturated heterocycles. The van der Waals surface area contributed by atoms with Gasteiger partial charge in [-0.15, -0.1) is 0 Å². The van der Waals surface area contributed by atoms with Gasteiger partial charge in [0.05, 0.1) is 35.1 Å². The average molecular weight is 547 g/mol. The summed E-state index contributed by atoms with van der Waals surface area (Å²) >= 11 is 3.44. The molecule has 0 radical (unpaired) electrons. The van der Waals surface area contributed by atoms with Gasteiger partial charge in [0.1, 0.15) is 17.6 Å². The van der Waals surface area contributed by atoms with Crippen LogP contribution in [0.2, 0.25) is 0 Å². The molecular formula is C28H20BrFN2O4. The number of benzene rings is 3. The summed E-state index contributed by atoms with van der Waals surface area (Å²) in [6.45, 7) is 0. The lowest BCUT2D eigenvalue weighted by Crippen LogP contribution is -2.48. The largest absolute Gasteiger partial charge is 0.496 e. The molecular weight excluding hydrogens is 527 g/mol. The molecule has 0 N–H and O–H groups in total. The highest BCUT2D eigenvalue weighted by Gasteiger charge is 2.64. The van der Waals surface area contributed by atoms with Gasteiger partial charge in [-0.2, -0.15) is 0 Å². The van der Waals surface area contributed by atoms with Crippen molar-refractivity contribution in [3.63, 3.8) is 0 Å². The number of imide groups is 1. The van der Waals surface area contributed by atoms with E-state index in [1.54, 1.807) is 18.2 Å². The number of hydrogen-bond acceptors (Lipinski definition) is 5. The molecule has 0 spiro atoms. The number of Topliss-reactive ketones (excluding diaryl/α,β-unsaturated/α-hetero) is 1. The maximum absolute atomic E-state index is 14.1. The first-order valence-electron chi connectivity index (χ1n) is 11.5. The number of para-hydroxylation sites is 1. The summed E-state index contributed by atoms with van der Waals surface area (Å²) in [4.78, 5) is 44.6. The molecule has 0 unspecified atom stereocenters. The van der Waals surface area contributed by atoms with E-state index in [-0.39, 0.29) is 11.7 Å². The highest BCUT2D eigenvalue weighted by molar-refractivity contribution is 9.10. The normalized spacial score (nSPS) is 24.0. The Balaban J connectivity index is 1.48. The number of methoxy groups -OCH3 is 1. The first kappa shape index (κ1) is 22.7. The van der Waals surface area contributed by atoms with Crippen molar-refractivity contribution in [2.75, 3.05) is 16.9 Å². The topological polar surface area (TPSA) is 66.9 Å². The van der Waals surface area contributed by atoms with E-state index in [2.05, 4.69) is 15.9 Å². The number of nitrogens with zero attached hydrogens (tertiary/aromatic N) is 2. The number of anilines is 2. The second kappa shape index (κ2) is 8.41. The molecule has 0 aromatic heterocycles. The van der Waals surface area contributed by atoms with Gasteiger partial charge in [0.2, 0.25) is 11.8 Å².